The van der Waals surface area contributed by atoms with E-state index < -0.39 is 5.97 Å². The fourth-order valence-corrected chi connectivity index (χ4v) is 2.51. The topological polar surface area (TPSA) is 35.5 Å². The molecule has 1 heterocycles. The van der Waals surface area contributed by atoms with Crippen LogP contribution in [0.25, 0.3) is 0 Å². The first-order valence-electron chi connectivity index (χ1n) is 5.34. The Bertz CT molecular complexity index is 595. The van der Waals surface area contributed by atoms with Crippen molar-refractivity contribution in [3.8, 4) is 5.75 Å². The molecule has 0 saturated carbocycles. The van der Waals surface area contributed by atoms with Gasteiger partial charge >= 0.3 is 5.97 Å². The molecule has 1 aromatic heterocycles. The molecule has 0 fully saturated rings. The maximum absolute atomic E-state index is 11.5. The number of hydrogen-bond donors (Lipinski definition) is 0. The van der Waals surface area contributed by atoms with Gasteiger partial charge in [-0.1, -0.05) is 29.3 Å². The van der Waals surface area contributed by atoms with Crippen molar-refractivity contribution in [3.63, 3.8) is 0 Å². The van der Waals surface area contributed by atoms with Crippen molar-refractivity contribution in [3.05, 3.63) is 50.1 Å². The molecule has 0 N–H and O–H groups in total. The van der Waals surface area contributed by atoms with Crippen LogP contribution in [0, 0.1) is 0 Å². The van der Waals surface area contributed by atoms with Gasteiger partial charge in [0.25, 0.3) is 0 Å². The van der Waals surface area contributed by atoms with Crippen LogP contribution in [0.3, 0.4) is 0 Å². The Morgan fingerprint density at radius 1 is 1.26 bits per heavy atom. The summed E-state index contributed by atoms with van der Waals surface area (Å²) in [5.41, 5.74) is 0.872. The highest BCUT2D eigenvalue weighted by Gasteiger charge is 2.14. The van der Waals surface area contributed by atoms with E-state index in [0.717, 1.165) is 5.56 Å². The Kier molecular flexibility index (Phi) is 4.69. The Morgan fingerprint density at radius 2 is 2.05 bits per heavy atom. The van der Waals surface area contributed by atoms with Gasteiger partial charge in [-0.2, -0.15) is 0 Å². The SMILES string of the molecule is COC(=O)c1sccc1OCc1ccc(Cl)c(Cl)c1. The van der Waals surface area contributed by atoms with Gasteiger partial charge in [-0.15, -0.1) is 11.3 Å². The Labute approximate surface area is 124 Å². The first kappa shape index (κ1) is 14.2. The Morgan fingerprint density at radius 3 is 2.74 bits per heavy atom. The van der Waals surface area contributed by atoms with Crippen LogP contribution in [0.15, 0.2) is 29.6 Å². The van der Waals surface area contributed by atoms with Gasteiger partial charge in [0.1, 0.15) is 12.4 Å². The lowest BCUT2D eigenvalue weighted by Crippen LogP contribution is -2.02. The largest absolute Gasteiger partial charge is 0.487 e. The molecular weight excluding hydrogens is 307 g/mol. The number of rotatable bonds is 4. The summed E-state index contributed by atoms with van der Waals surface area (Å²) in [5.74, 6) is 0.0991. The van der Waals surface area contributed by atoms with E-state index >= 15 is 0 Å². The molecule has 0 radical (unpaired) electrons. The second kappa shape index (κ2) is 6.28. The van der Waals surface area contributed by atoms with Gasteiger partial charge < -0.3 is 9.47 Å². The van der Waals surface area contributed by atoms with Crippen LogP contribution in [0.2, 0.25) is 10.0 Å². The summed E-state index contributed by atoms with van der Waals surface area (Å²) in [5, 5.41) is 2.74. The smallest absolute Gasteiger partial charge is 0.351 e. The van der Waals surface area contributed by atoms with E-state index in [4.69, 9.17) is 27.9 Å². The van der Waals surface area contributed by atoms with Gasteiger partial charge in [-0.3, -0.25) is 0 Å². The minimum atomic E-state index is -0.404. The summed E-state index contributed by atoms with van der Waals surface area (Å²) in [7, 11) is 1.34. The molecule has 0 atom stereocenters. The minimum absolute atomic E-state index is 0.303. The number of esters is 1. The van der Waals surface area contributed by atoms with Gasteiger partial charge in [-0.25, -0.2) is 4.79 Å². The number of carbonyl (C=O) groups excluding carboxylic acids is 1. The quantitative estimate of drug-likeness (QED) is 0.783. The lowest BCUT2D eigenvalue weighted by atomic mass is 10.2. The van der Waals surface area contributed by atoms with Crippen LogP contribution >= 0.6 is 34.5 Å². The molecule has 0 amide bonds. The fourth-order valence-electron chi connectivity index (χ4n) is 1.44. The maximum Gasteiger partial charge on any atom is 0.351 e. The molecule has 0 spiro atoms. The standard InChI is InChI=1S/C13H10Cl2O3S/c1-17-13(16)12-11(4-5-19-12)18-7-8-2-3-9(14)10(15)6-8/h2-6H,7H2,1H3. The number of halogens is 2. The highest BCUT2D eigenvalue weighted by molar-refractivity contribution is 7.12. The molecule has 19 heavy (non-hydrogen) atoms. The minimum Gasteiger partial charge on any atom is -0.487 e. The summed E-state index contributed by atoms with van der Waals surface area (Å²) >= 11 is 13.0. The Balaban J connectivity index is 2.08. The van der Waals surface area contributed by atoms with E-state index in [1.807, 2.05) is 6.07 Å². The van der Waals surface area contributed by atoms with E-state index in [-0.39, 0.29) is 0 Å². The number of thiophene rings is 1. The van der Waals surface area contributed by atoms with E-state index in [0.29, 0.717) is 27.3 Å². The van der Waals surface area contributed by atoms with Crippen LogP contribution in [0.1, 0.15) is 15.2 Å². The van der Waals surface area contributed by atoms with Crippen LogP contribution < -0.4 is 4.74 Å². The van der Waals surface area contributed by atoms with Crippen LogP contribution in [0.4, 0.5) is 0 Å². The summed E-state index contributed by atoms with van der Waals surface area (Å²) in [6, 6.07) is 6.98. The number of benzene rings is 1. The molecule has 2 rings (SSSR count). The Hall–Kier alpha value is -1.23. The summed E-state index contributed by atoms with van der Waals surface area (Å²) in [6.07, 6.45) is 0. The molecule has 100 valence electrons. The lowest BCUT2D eigenvalue weighted by molar-refractivity contribution is 0.0601. The highest BCUT2D eigenvalue weighted by Crippen LogP contribution is 2.27. The second-order valence-corrected chi connectivity index (χ2v) is 5.37. The maximum atomic E-state index is 11.5. The van der Waals surface area contributed by atoms with Crippen molar-refractivity contribution in [1.29, 1.82) is 0 Å². The third kappa shape index (κ3) is 3.41. The zero-order valence-corrected chi connectivity index (χ0v) is 12.3. The first-order chi connectivity index (χ1) is 9.11. The van der Waals surface area contributed by atoms with Gasteiger partial charge in [0.15, 0.2) is 4.88 Å². The van der Waals surface area contributed by atoms with E-state index in [1.54, 1.807) is 23.6 Å². The zero-order valence-electron chi connectivity index (χ0n) is 9.98. The third-order valence-corrected chi connectivity index (χ3v) is 3.99. The van der Waals surface area contributed by atoms with Gasteiger partial charge in [0.2, 0.25) is 0 Å². The lowest BCUT2D eigenvalue weighted by Gasteiger charge is -2.07. The van der Waals surface area contributed by atoms with Crippen molar-refractivity contribution < 1.29 is 14.3 Å². The predicted octanol–water partition coefficient (Wildman–Crippen LogP) is 4.42. The number of hydrogen-bond acceptors (Lipinski definition) is 4. The fraction of sp³-hybridized carbons (Fsp3) is 0.154. The number of carbonyl (C=O) groups is 1. The van der Waals surface area contributed by atoms with Crippen LogP contribution in [0.5, 0.6) is 5.75 Å². The summed E-state index contributed by atoms with van der Waals surface area (Å²) in [4.78, 5) is 11.9. The van der Waals surface area contributed by atoms with E-state index in [2.05, 4.69) is 4.74 Å². The van der Waals surface area contributed by atoms with Gasteiger partial charge in [0.05, 0.1) is 17.2 Å². The van der Waals surface area contributed by atoms with Crippen LogP contribution in [-0.4, -0.2) is 13.1 Å². The van der Waals surface area contributed by atoms with Crippen molar-refractivity contribution in [2.75, 3.05) is 7.11 Å². The van der Waals surface area contributed by atoms with Crippen molar-refractivity contribution in [2.45, 2.75) is 6.61 Å². The molecule has 0 aliphatic heterocycles. The van der Waals surface area contributed by atoms with Gasteiger partial charge in [0, 0.05) is 0 Å². The first-order valence-corrected chi connectivity index (χ1v) is 6.98. The third-order valence-electron chi connectivity index (χ3n) is 2.38. The normalized spacial score (nSPS) is 10.3. The molecule has 0 bridgehead atoms. The van der Waals surface area contributed by atoms with E-state index in [9.17, 15) is 4.79 Å². The molecule has 2 aromatic rings. The average Bonchev–Trinajstić information content (AvgIpc) is 2.87. The molecule has 3 nitrogen and oxygen atoms in total. The second-order valence-electron chi connectivity index (χ2n) is 3.64. The summed E-state index contributed by atoms with van der Waals surface area (Å²) in [6.45, 7) is 0.303. The highest BCUT2D eigenvalue weighted by atomic mass is 35.5. The monoisotopic (exact) mass is 316 g/mol. The van der Waals surface area contributed by atoms with Crippen LogP contribution in [-0.2, 0) is 11.3 Å². The van der Waals surface area contributed by atoms with Gasteiger partial charge in [-0.05, 0) is 29.1 Å². The van der Waals surface area contributed by atoms with E-state index in [1.165, 1.54) is 18.4 Å². The van der Waals surface area contributed by atoms with Crippen molar-refractivity contribution in [1.82, 2.24) is 0 Å². The molecule has 6 heteroatoms. The number of methoxy groups -OCH3 is 1. The molecule has 0 aliphatic rings. The molecule has 0 aliphatic carbocycles. The van der Waals surface area contributed by atoms with Crippen molar-refractivity contribution >= 4 is 40.5 Å². The molecule has 0 unspecified atom stereocenters. The summed E-state index contributed by atoms with van der Waals surface area (Å²) < 4.78 is 10.3. The molecular formula is C13H10Cl2O3S. The zero-order chi connectivity index (χ0) is 13.8. The average molecular weight is 317 g/mol. The predicted molar refractivity (Wildman–Crippen MR) is 76.5 cm³/mol. The molecule has 1 aromatic carbocycles. The molecule has 0 saturated heterocycles. The number of ether oxygens (including phenoxy) is 2. The van der Waals surface area contributed by atoms with Crippen molar-refractivity contribution in [2.24, 2.45) is 0 Å².